The highest BCUT2D eigenvalue weighted by molar-refractivity contribution is 5.34. The van der Waals surface area contributed by atoms with Crippen LogP contribution in [0, 0.1) is 5.92 Å². The Labute approximate surface area is 116 Å². The molecule has 0 radical (unpaired) electrons. The van der Waals surface area contributed by atoms with E-state index in [1.54, 1.807) is 13.2 Å². The molecular formula is C15H19F3O2. The van der Waals surface area contributed by atoms with Crippen LogP contribution in [0.25, 0.3) is 0 Å². The lowest BCUT2D eigenvalue weighted by molar-refractivity contribution is -0.192. The van der Waals surface area contributed by atoms with E-state index in [1.165, 1.54) is 0 Å². The van der Waals surface area contributed by atoms with Crippen molar-refractivity contribution in [2.24, 2.45) is 5.92 Å². The van der Waals surface area contributed by atoms with Crippen molar-refractivity contribution in [3.8, 4) is 5.75 Å². The number of para-hydroxylation sites is 1. The number of hydrogen-bond donors (Lipinski definition) is 1. The van der Waals surface area contributed by atoms with E-state index in [0.717, 1.165) is 5.56 Å². The molecule has 112 valence electrons. The summed E-state index contributed by atoms with van der Waals surface area (Å²) in [6.07, 6.45) is -3.47. The molecule has 0 aromatic heterocycles. The molecule has 1 aliphatic carbocycles. The number of ether oxygens (including phenoxy) is 1. The Hall–Kier alpha value is -1.23. The van der Waals surface area contributed by atoms with Gasteiger partial charge in [0.05, 0.1) is 18.6 Å². The van der Waals surface area contributed by atoms with Crippen LogP contribution in [0.1, 0.15) is 31.2 Å². The van der Waals surface area contributed by atoms with Gasteiger partial charge in [-0.05, 0) is 37.3 Å². The van der Waals surface area contributed by atoms with Gasteiger partial charge in [0.25, 0.3) is 0 Å². The number of rotatable bonds is 3. The van der Waals surface area contributed by atoms with Gasteiger partial charge < -0.3 is 9.84 Å². The Morgan fingerprint density at radius 2 is 1.85 bits per heavy atom. The summed E-state index contributed by atoms with van der Waals surface area (Å²) in [4.78, 5) is 0. The van der Waals surface area contributed by atoms with Gasteiger partial charge in [-0.2, -0.15) is 13.2 Å². The van der Waals surface area contributed by atoms with E-state index in [0.29, 0.717) is 12.2 Å². The highest BCUT2D eigenvalue weighted by atomic mass is 19.4. The molecule has 0 atom stereocenters. The second kappa shape index (κ2) is 5.64. The monoisotopic (exact) mass is 288 g/mol. The van der Waals surface area contributed by atoms with Gasteiger partial charge in [-0.25, -0.2) is 0 Å². The van der Waals surface area contributed by atoms with Crippen molar-refractivity contribution in [2.75, 3.05) is 7.11 Å². The molecule has 1 saturated carbocycles. The molecule has 1 aromatic rings. The number of alkyl halides is 3. The molecule has 0 aliphatic heterocycles. The Kier molecular flexibility index (Phi) is 4.28. The van der Waals surface area contributed by atoms with E-state index in [-0.39, 0.29) is 25.7 Å². The number of benzene rings is 1. The maximum atomic E-state index is 12.6. The summed E-state index contributed by atoms with van der Waals surface area (Å²) < 4.78 is 43.1. The first-order chi connectivity index (χ1) is 9.34. The molecule has 0 unspecified atom stereocenters. The second-order valence-electron chi connectivity index (χ2n) is 5.53. The summed E-state index contributed by atoms with van der Waals surface area (Å²) in [5.74, 6) is -0.612. The largest absolute Gasteiger partial charge is 0.496 e. The minimum absolute atomic E-state index is 0.00481. The third-order valence-electron chi connectivity index (χ3n) is 4.09. The van der Waals surface area contributed by atoms with E-state index in [2.05, 4.69) is 0 Å². The SMILES string of the molecule is COc1ccccc1CC1(O)CCC(C(F)(F)F)CC1. The smallest absolute Gasteiger partial charge is 0.391 e. The standard InChI is InChI=1S/C15H19F3O2/c1-20-13-5-3-2-4-11(13)10-14(19)8-6-12(7-9-14)15(16,17)18/h2-5,12,19H,6-10H2,1H3. The molecule has 0 saturated heterocycles. The minimum atomic E-state index is -4.15. The fourth-order valence-corrected chi connectivity index (χ4v) is 2.86. The number of hydrogen-bond acceptors (Lipinski definition) is 2. The van der Waals surface area contributed by atoms with Gasteiger partial charge >= 0.3 is 6.18 Å². The summed E-state index contributed by atoms with van der Waals surface area (Å²) in [5.41, 5.74) is -0.223. The highest BCUT2D eigenvalue weighted by Gasteiger charge is 2.45. The first kappa shape index (κ1) is 15.2. The molecule has 0 amide bonds. The average molecular weight is 288 g/mol. The molecule has 1 aromatic carbocycles. The molecule has 1 aliphatic rings. The molecule has 0 heterocycles. The number of methoxy groups -OCH3 is 1. The molecule has 2 rings (SSSR count). The van der Waals surface area contributed by atoms with Crippen molar-refractivity contribution in [2.45, 2.75) is 43.9 Å². The third kappa shape index (κ3) is 3.45. The van der Waals surface area contributed by atoms with Gasteiger partial charge in [0, 0.05) is 6.42 Å². The van der Waals surface area contributed by atoms with Crippen molar-refractivity contribution in [3.05, 3.63) is 29.8 Å². The molecule has 5 heteroatoms. The van der Waals surface area contributed by atoms with Crippen LogP contribution in [-0.4, -0.2) is 24.0 Å². The van der Waals surface area contributed by atoms with Crippen LogP contribution in [0.4, 0.5) is 13.2 Å². The van der Waals surface area contributed by atoms with Crippen molar-refractivity contribution >= 4 is 0 Å². The Balaban J connectivity index is 2.03. The molecule has 1 N–H and O–H groups in total. The lowest BCUT2D eigenvalue weighted by atomic mass is 9.75. The van der Waals surface area contributed by atoms with Crippen LogP contribution in [-0.2, 0) is 6.42 Å². The van der Waals surface area contributed by atoms with E-state index in [1.807, 2.05) is 18.2 Å². The fraction of sp³-hybridized carbons (Fsp3) is 0.600. The summed E-state index contributed by atoms with van der Waals surface area (Å²) >= 11 is 0. The zero-order valence-corrected chi connectivity index (χ0v) is 11.4. The molecule has 0 spiro atoms. The van der Waals surface area contributed by atoms with Gasteiger partial charge in [0.15, 0.2) is 0 Å². The second-order valence-corrected chi connectivity index (χ2v) is 5.53. The zero-order valence-electron chi connectivity index (χ0n) is 11.4. The quantitative estimate of drug-likeness (QED) is 0.918. The normalized spacial score (nSPS) is 27.4. The maximum Gasteiger partial charge on any atom is 0.391 e. The van der Waals surface area contributed by atoms with Gasteiger partial charge in [-0.15, -0.1) is 0 Å². The molecule has 2 nitrogen and oxygen atoms in total. The lowest BCUT2D eigenvalue weighted by Crippen LogP contribution is -2.39. The Morgan fingerprint density at radius 3 is 2.40 bits per heavy atom. The molecular weight excluding hydrogens is 269 g/mol. The molecule has 0 bridgehead atoms. The van der Waals surface area contributed by atoms with Gasteiger partial charge in [-0.3, -0.25) is 0 Å². The van der Waals surface area contributed by atoms with E-state index >= 15 is 0 Å². The minimum Gasteiger partial charge on any atom is -0.496 e. The molecule has 1 fully saturated rings. The predicted molar refractivity (Wildman–Crippen MR) is 69.7 cm³/mol. The van der Waals surface area contributed by atoms with Crippen LogP contribution in [0.2, 0.25) is 0 Å². The Morgan fingerprint density at radius 1 is 1.25 bits per heavy atom. The zero-order chi connectivity index (χ0) is 14.8. The van der Waals surface area contributed by atoms with Crippen LogP contribution < -0.4 is 4.74 Å². The van der Waals surface area contributed by atoms with Gasteiger partial charge in [-0.1, -0.05) is 18.2 Å². The fourth-order valence-electron chi connectivity index (χ4n) is 2.86. The first-order valence-corrected chi connectivity index (χ1v) is 6.75. The van der Waals surface area contributed by atoms with Crippen molar-refractivity contribution in [1.29, 1.82) is 0 Å². The maximum absolute atomic E-state index is 12.6. The van der Waals surface area contributed by atoms with Crippen molar-refractivity contribution in [3.63, 3.8) is 0 Å². The van der Waals surface area contributed by atoms with E-state index in [4.69, 9.17) is 4.74 Å². The van der Waals surface area contributed by atoms with E-state index in [9.17, 15) is 18.3 Å². The lowest BCUT2D eigenvalue weighted by Gasteiger charge is -2.37. The third-order valence-corrected chi connectivity index (χ3v) is 4.09. The van der Waals surface area contributed by atoms with Crippen molar-refractivity contribution < 1.29 is 23.0 Å². The van der Waals surface area contributed by atoms with E-state index < -0.39 is 17.7 Å². The highest BCUT2D eigenvalue weighted by Crippen LogP contribution is 2.42. The van der Waals surface area contributed by atoms with Crippen LogP contribution >= 0.6 is 0 Å². The summed E-state index contributed by atoms with van der Waals surface area (Å²) in [6.45, 7) is 0. The summed E-state index contributed by atoms with van der Waals surface area (Å²) in [7, 11) is 1.55. The van der Waals surface area contributed by atoms with Crippen molar-refractivity contribution in [1.82, 2.24) is 0 Å². The van der Waals surface area contributed by atoms with Gasteiger partial charge in [0.2, 0.25) is 0 Å². The number of aliphatic hydroxyl groups is 1. The molecule has 20 heavy (non-hydrogen) atoms. The number of halogens is 3. The van der Waals surface area contributed by atoms with Gasteiger partial charge in [0.1, 0.15) is 5.75 Å². The van der Waals surface area contributed by atoms with Crippen LogP contribution in [0.5, 0.6) is 5.75 Å². The van der Waals surface area contributed by atoms with Crippen LogP contribution in [0.15, 0.2) is 24.3 Å². The first-order valence-electron chi connectivity index (χ1n) is 6.75. The van der Waals surface area contributed by atoms with Crippen LogP contribution in [0.3, 0.4) is 0 Å². The average Bonchev–Trinajstić information content (AvgIpc) is 2.38. The summed E-state index contributed by atoms with van der Waals surface area (Å²) in [5, 5.41) is 10.5. The summed E-state index contributed by atoms with van der Waals surface area (Å²) in [6, 6.07) is 7.29. The topological polar surface area (TPSA) is 29.5 Å². The Bertz CT molecular complexity index is 449. The predicted octanol–water partition coefficient (Wildman–Crippen LogP) is 3.72.